The van der Waals surface area contributed by atoms with Gasteiger partial charge in [-0.3, -0.25) is 0 Å². The lowest BCUT2D eigenvalue weighted by atomic mass is 10.0. The van der Waals surface area contributed by atoms with Crippen molar-refractivity contribution in [3.05, 3.63) is 72.2 Å². The molecule has 0 amide bonds. The Morgan fingerprint density at radius 2 is 1.88 bits per heavy atom. The SMILES string of the molecule is Nc1cc(-c2cnc3ccc(N4CCCC4c4cccc(F)c4)nn23)ccc1N1CCOCC1. The van der Waals surface area contributed by atoms with Gasteiger partial charge in [0, 0.05) is 25.2 Å². The van der Waals surface area contributed by atoms with E-state index in [0.29, 0.717) is 13.2 Å². The summed E-state index contributed by atoms with van der Waals surface area (Å²) in [5, 5.41) is 4.95. The maximum atomic E-state index is 13.9. The number of nitrogen functional groups attached to an aromatic ring is 1. The number of fused-ring (bicyclic) bond motifs is 1. The topological polar surface area (TPSA) is 71.9 Å². The molecule has 2 aromatic heterocycles. The molecular formula is C26H27FN6O. The van der Waals surface area contributed by atoms with Crippen LogP contribution in [0.2, 0.25) is 0 Å². The molecule has 2 N–H and O–H groups in total. The lowest BCUT2D eigenvalue weighted by Gasteiger charge is -2.30. The fourth-order valence-electron chi connectivity index (χ4n) is 5.12. The molecule has 6 rings (SSSR count). The largest absolute Gasteiger partial charge is 0.397 e. The molecule has 4 heterocycles. The van der Waals surface area contributed by atoms with Gasteiger partial charge >= 0.3 is 0 Å². The number of hydrogen-bond donors (Lipinski definition) is 1. The molecule has 0 aliphatic carbocycles. The first-order valence-electron chi connectivity index (χ1n) is 11.8. The van der Waals surface area contributed by atoms with E-state index in [1.54, 1.807) is 12.1 Å². The number of ether oxygens (including phenoxy) is 1. The predicted octanol–water partition coefficient (Wildman–Crippen LogP) is 4.30. The number of rotatable bonds is 4. The van der Waals surface area contributed by atoms with E-state index < -0.39 is 0 Å². The van der Waals surface area contributed by atoms with Crippen LogP contribution in [-0.4, -0.2) is 47.4 Å². The van der Waals surface area contributed by atoms with Crippen LogP contribution >= 0.6 is 0 Å². The third-order valence-corrected chi connectivity index (χ3v) is 6.80. The summed E-state index contributed by atoms with van der Waals surface area (Å²) in [6, 6.07) is 17.1. The lowest BCUT2D eigenvalue weighted by Crippen LogP contribution is -2.36. The van der Waals surface area contributed by atoms with Crippen molar-refractivity contribution in [3.63, 3.8) is 0 Å². The van der Waals surface area contributed by atoms with E-state index >= 15 is 0 Å². The zero-order chi connectivity index (χ0) is 23.1. The van der Waals surface area contributed by atoms with Crippen molar-refractivity contribution in [1.82, 2.24) is 14.6 Å². The minimum absolute atomic E-state index is 0.107. The number of benzene rings is 2. The molecule has 1 atom stereocenters. The molecule has 1 unspecified atom stereocenters. The third kappa shape index (κ3) is 3.74. The van der Waals surface area contributed by atoms with E-state index in [1.165, 1.54) is 6.07 Å². The van der Waals surface area contributed by atoms with Crippen LogP contribution in [-0.2, 0) is 4.74 Å². The second-order valence-electron chi connectivity index (χ2n) is 8.88. The van der Waals surface area contributed by atoms with Gasteiger partial charge in [0.15, 0.2) is 5.65 Å². The van der Waals surface area contributed by atoms with E-state index in [-0.39, 0.29) is 11.9 Å². The summed E-state index contributed by atoms with van der Waals surface area (Å²) in [7, 11) is 0. The van der Waals surface area contributed by atoms with Crippen LogP contribution in [0.5, 0.6) is 0 Å². The van der Waals surface area contributed by atoms with Gasteiger partial charge in [0.05, 0.1) is 42.5 Å². The molecule has 0 saturated carbocycles. The van der Waals surface area contributed by atoms with Crippen molar-refractivity contribution in [3.8, 4) is 11.3 Å². The Balaban J connectivity index is 1.34. The van der Waals surface area contributed by atoms with Crippen LogP contribution in [0.25, 0.3) is 16.9 Å². The number of hydrogen-bond acceptors (Lipinski definition) is 6. The van der Waals surface area contributed by atoms with Crippen molar-refractivity contribution in [2.24, 2.45) is 0 Å². The Bertz CT molecular complexity index is 1330. The summed E-state index contributed by atoms with van der Waals surface area (Å²) in [5.41, 5.74) is 11.8. The van der Waals surface area contributed by atoms with Crippen LogP contribution in [0, 0.1) is 5.82 Å². The van der Waals surface area contributed by atoms with Gasteiger partial charge < -0.3 is 20.3 Å². The smallest absolute Gasteiger partial charge is 0.154 e. The first kappa shape index (κ1) is 20.9. The molecule has 174 valence electrons. The van der Waals surface area contributed by atoms with E-state index in [2.05, 4.69) is 26.9 Å². The van der Waals surface area contributed by atoms with Gasteiger partial charge in [0.1, 0.15) is 11.6 Å². The van der Waals surface area contributed by atoms with Gasteiger partial charge in [-0.15, -0.1) is 5.10 Å². The zero-order valence-electron chi connectivity index (χ0n) is 18.9. The fourth-order valence-corrected chi connectivity index (χ4v) is 5.12. The van der Waals surface area contributed by atoms with E-state index in [9.17, 15) is 4.39 Å². The van der Waals surface area contributed by atoms with Gasteiger partial charge in [-0.1, -0.05) is 18.2 Å². The minimum atomic E-state index is -0.206. The highest BCUT2D eigenvalue weighted by Crippen LogP contribution is 2.36. The lowest BCUT2D eigenvalue weighted by molar-refractivity contribution is 0.123. The Morgan fingerprint density at radius 1 is 1.00 bits per heavy atom. The van der Waals surface area contributed by atoms with Crippen LogP contribution in [0.1, 0.15) is 24.4 Å². The van der Waals surface area contributed by atoms with E-state index in [1.807, 2.05) is 35.0 Å². The van der Waals surface area contributed by atoms with Crippen LogP contribution in [0.3, 0.4) is 0 Å². The molecule has 2 fully saturated rings. The van der Waals surface area contributed by atoms with Crippen molar-refractivity contribution in [2.45, 2.75) is 18.9 Å². The van der Waals surface area contributed by atoms with Crippen LogP contribution < -0.4 is 15.5 Å². The number of halogens is 1. The molecule has 0 spiro atoms. The molecule has 4 aromatic rings. The number of imidazole rings is 1. The van der Waals surface area contributed by atoms with Crippen molar-refractivity contribution >= 4 is 22.8 Å². The van der Waals surface area contributed by atoms with Crippen LogP contribution in [0.15, 0.2) is 60.8 Å². The molecule has 2 saturated heterocycles. The predicted molar refractivity (Wildman–Crippen MR) is 132 cm³/mol. The highest BCUT2D eigenvalue weighted by atomic mass is 19.1. The molecular weight excluding hydrogens is 431 g/mol. The first-order chi connectivity index (χ1) is 16.7. The standard InChI is InChI=1S/C26H27FN6O/c27-20-4-1-3-18(15-20)22-5-2-10-32(22)26-9-8-25-29-17-24(33(25)30-26)19-6-7-23(21(28)16-19)31-11-13-34-14-12-31/h1,3-4,6-9,15-17,22H,2,5,10-14,28H2. The molecule has 8 heteroatoms. The summed E-state index contributed by atoms with van der Waals surface area (Å²) < 4.78 is 21.2. The average Bonchev–Trinajstić information content (AvgIpc) is 3.52. The molecule has 34 heavy (non-hydrogen) atoms. The normalized spacial score (nSPS) is 18.7. The van der Waals surface area contributed by atoms with Crippen molar-refractivity contribution < 1.29 is 9.13 Å². The quantitative estimate of drug-likeness (QED) is 0.460. The fraction of sp³-hybridized carbons (Fsp3) is 0.308. The van der Waals surface area contributed by atoms with Crippen molar-refractivity contribution in [2.75, 3.05) is 48.4 Å². The highest BCUT2D eigenvalue weighted by molar-refractivity contribution is 5.76. The third-order valence-electron chi connectivity index (χ3n) is 6.80. The summed E-state index contributed by atoms with van der Waals surface area (Å²) in [6.07, 6.45) is 3.85. The van der Waals surface area contributed by atoms with Gasteiger partial charge in [-0.05, 0) is 54.8 Å². The number of morpholine rings is 1. The van der Waals surface area contributed by atoms with E-state index in [0.717, 1.165) is 72.1 Å². The first-order valence-corrected chi connectivity index (χ1v) is 11.8. The highest BCUT2D eigenvalue weighted by Gasteiger charge is 2.28. The van der Waals surface area contributed by atoms with Crippen molar-refractivity contribution in [1.29, 1.82) is 0 Å². The number of nitrogens with zero attached hydrogens (tertiary/aromatic N) is 5. The van der Waals surface area contributed by atoms with Gasteiger partial charge in [0.25, 0.3) is 0 Å². The maximum Gasteiger partial charge on any atom is 0.154 e. The molecule has 7 nitrogen and oxygen atoms in total. The molecule has 2 aliphatic heterocycles. The summed E-state index contributed by atoms with van der Waals surface area (Å²) >= 11 is 0. The monoisotopic (exact) mass is 458 g/mol. The summed E-state index contributed by atoms with van der Waals surface area (Å²) in [4.78, 5) is 9.07. The number of aromatic nitrogens is 3. The zero-order valence-corrected chi connectivity index (χ0v) is 18.9. The molecule has 2 aliphatic rings. The Hall–Kier alpha value is -3.65. The molecule has 0 radical (unpaired) electrons. The Labute approximate surface area is 197 Å². The molecule has 0 bridgehead atoms. The molecule has 2 aromatic carbocycles. The second-order valence-corrected chi connectivity index (χ2v) is 8.88. The van der Waals surface area contributed by atoms with E-state index in [4.69, 9.17) is 15.6 Å². The van der Waals surface area contributed by atoms with Gasteiger partial charge in [-0.25, -0.2) is 13.9 Å². The number of anilines is 3. The Morgan fingerprint density at radius 3 is 2.71 bits per heavy atom. The second kappa shape index (κ2) is 8.61. The number of nitrogens with two attached hydrogens (primary N) is 1. The average molecular weight is 459 g/mol. The van der Waals surface area contributed by atoms with Gasteiger partial charge in [0.2, 0.25) is 0 Å². The Kier molecular flexibility index (Phi) is 5.30. The summed E-state index contributed by atoms with van der Waals surface area (Å²) in [6.45, 7) is 3.99. The summed E-state index contributed by atoms with van der Waals surface area (Å²) in [5.74, 6) is 0.652. The van der Waals surface area contributed by atoms with Gasteiger partial charge in [-0.2, -0.15) is 0 Å². The minimum Gasteiger partial charge on any atom is -0.397 e. The maximum absolute atomic E-state index is 13.9. The van der Waals surface area contributed by atoms with Crippen LogP contribution in [0.4, 0.5) is 21.6 Å².